The number of piperidine rings is 1. The van der Waals surface area contributed by atoms with E-state index >= 15 is 0 Å². The molecule has 19 heavy (non-hydrogen) atoms. The van der Waals surface area contributed by atoms with Crippen LogP contribution in [0.3, 0.4) is 0 Å². The summed E-state index contributed by atoms with van der Waals surface area (Å²) < 4.78 is 5.46. The van der Waals surface area contributed by atoms with Crippen molar-refractivity contribution < 1.29 is 9.53 Å². The van der Waals surface area contributed by atoms with Gasteiger partial charge in [-0.25, -0.2) is 9.78 Å². The Morgan fingerprint density at radius 3 is 2.84 bits per heavy atom. The minimum absolute atomic E-state index is 0.0200. The highest BCUT2D eigenvalue weighted by Crippen LogP contribution is 2.31. The first-order valence-electron chi connectivity index (χ1n) is 6.67. The van der Waals surface area contributed by atoms with E-state index < -0.39 is 5.60 Å². The Morgan fingerprint density at radius 2 is 2.26 bits per heavy atom. The highest BCUT2D eigenvalue weighted by Gasteiger charge is 2.32. The lowest BCUT2D eigenvalue weighted by molar-refractivity contribution is 0.00906. The first-order chi connectivity index (χ1) is 8.87. The molecular formula is C13H22N4O2. The molecule has 0 aromatic carbocycles. The van der Waals surface area contributed by atoms with Crippen LogP contribution in [-0.4, -0.2) is 33.1 Å². The van der Waals surface area contributed by atoms with Crippen LogP contribution in [-0.2, 0) is 4.74 Å². The largest absolute Gasteiger partial charge is 0.444 e. The van der Waals surface area contributed by atoms with Gasteiger partial charge in [-0.1, -0.05) is 0 Å². The van der Waals surface area contributed by atoms with Crippen LogP contribution in [0.5, 0.6) is 0 Å². The monoisotopic (exact) mass is 266 g/mol. The van der Waals surface area contributed by atoms with Crippen molar-refractivity contribution in [1.29, 1.82) is 0 Å². The zero-order chi connectivity index (χ0) is 14.0. The summed E-state index contributed by atoms with van der Waals surface area (Å²) in [6.45, 7) is 6.33. The number of ether oxygens (including phenoxy) is 1. The molecule has 1 fully saturated rings. The van der Waals surface area contributed by atoms with Gasteiger partial charge in [0.2, 0.25) is 0 Å². The molecule has 6 heteroatoms. The third-order valence-electron chi connectivity index (χ3n) is 3.10. The Hall–Kier alpha value is -1.72. The van der Waals surface area contributed by atoms with Gasteiger partial charge in [0.25, 0.3) is 0 Å². The van der Waals surface area contributed by atoms with E-state index in [1.54, 1.807) is 11.1 Å². The summed E-state index contributed by atoms with van der Waals surface area (Å²) >= 11 is 0. The fourth-order valence-corrected chi connectivity index (χ4v) is 2.31. The summed E-state index contributed by atoms with van der Waals surface area (Å²) in [5, 5.41) is 0. The number of rotatable bonds is 1. The molecule has 1 saturated heterocycles. The van der Waals surface area contributed by atoms with Gasteiger partial charge in [0.05, 0.1) is 17.9 Å². The molecule has 1 amide bonds. The van der Waals surface area contributed by atoms with E-state index in [0.29, 0.717) is 12.5 Å². The number of nitrogen functional groups attached to an aromatic ring is 1. The molecule has 2 heterocycles. The Morgan fingerprint density at radius 1 is 1.53 bits per heavy atom. The predicted molar refractivity (Wildman–Crippen MR) is 72.5 cm³/mol. The molecular weight excluding hydrogens is 244 g/mol. The number of aromatic nitrogens is 2. The van der Waals surface area contributed by atoms with Crippen molar-refractivity contribution in [3.05, 3.63) is 11.9 Å². The summed E-state index contributed by atoms with van der Waals surface area (Å²) in [7, 11) is 0. The molecule has 2 rings (SSSR count). The maximum Gasteiger partial charge on any atom is 0.410 e. The molecule has 6 nitrogen and oxygen atoms in total. The lowest BCUT2D eigenvalue weighted by Crippen LogP contribution is -2.42. The van der Waals surface area contributed by atoms with Gasteiger partial charge in [-0.2, -0.15) is 0 Å². The van der Waals surface area contributed by atoms with Crippen LogP contribution in [0.4, 0.5) is 10.7 Å². The first kappa shape index (κ1) is 13.7. The number of aromatic amines is 1. The average molecular weight is 266 g/mol. The van der Waals surface area contributed by atoms with Crippen LogP contribution in [0.25, 0.3) is 0 Å². The maximum atomic E-state index is 12.2. The van der Waals surface area contributed by atoms with E-state index in [1.165, 1.54) is 0 Å². The fraction of sp³-hybridized carbons (Fsp3) is 0.692. The molecule has 0 radical (unpaired) electrons. The normalized spacial score (nSPS) is 20.4. The van der Waals surface area contributed by atoms with Crippen LogP contribution in [0.1, 0.15) is 51.8 Å². The quantitative estimate of drug-likeness (QED) is 0.817. The van der Waals surface area contributed by atoms with Crippen LogP contribution >= 0.6 is 0 Å². The zero-order valence-electron chi connectivity index (χ0n) is 11.8. The number of hydrogen-bond donors (Lipinski definition) is 2. The zero-order valence-corrected chi connectivity index (χ0v) is 11.8. The van der Waals surface area contributed by atoms with Gasteiger partial charge < -0.3 is 15.5 Å². The van der Waals surface area contributed by atoms with E-state index in [1.807, 2.05) is 20.8 Å². The fourth-order valence-electron chi connectivity index (χ4n) is 2.31. The molecule has 1 aromatic heterocycles. The van der Waals surface area contributed by atoms with E-state index in [9.17, 15) is 4.79 Å². The van der Waals surface area contributed by atoms with E-state index in [-0.39, 0.29) is 12.1 Å². The van der Waals surface area contributed by atoms with Gasteiger partial charge in [0, 0.05) is 6.54 Å². The van der Waals surface area contributed by atoms with E-state index in [2.05, 4.69) is 9.97 Å². The standard InChI is InChI=1S/C13H22N4O2/c1-13(2,3)19-12(18)17-7-5-4-6-10(17)9-8-15-11(14)16-9/h8,10H,4-7H2,1-3H3,(H3,14,15,16). The van der Waals surface area contributed by atoms with Gasteiger partial charge >= 0.3 is 6.09 Å². The van der Waals surface area contributed by atoms with Crippen molar-refractivity contribution in [2.45, 2.75) is 51.7 Å². The molecule has 106 valence electrons. The SMILES string of the molecule is CC(C)(C)OC(=O)N1CCCCC1c1cnc(N)[nH]1. The average Bonchev–Trinajstić information content (AvgIpc) is 2.73. The number of carbonyl (C=O) groups is 1. The Labute approximate surface area is 113 Å². The number of amides is 1. The highest BCUT2D eigenvalue weighted by atomic mass is 16.6. The van der Waals surface area contributed by atoms with Gasteiger partial charge in [0.15, 0.2) is 5.95 Å². The minimum Gasteiger partial charge on any atom is -0.444 e. The van der Waals surface area contributed by atoms with E-state index in [4.69, 9.17) is 10.5 Å². The van der Waals surface area contributed by atoms with Crippen LogP contribution in [0.15, 0.2) is 6.20 Å². The van der Waals surface area contributed by atoms with Gasteiger partial charge in [-0.3, -0.25) is 4.90 Å². The second-order valence-corrected chi connectivity index (χ2v) is 5.91. The number of carbonyl (C=O) groups excluding carboxylic acids is 1. The van der Waals surface area contributed by atoms with Crippen molar-refractivity contribution in [1.82, 2.24) is 14.9 Å². The number of nitrogens with zero attached hydrogens (tertiary/aromatic N) is 2. The lowest BCUT2D eigenvalue weighted by Gasteiger charge is -2.36. The first-order valence-corrected chi connectivity index (χ1v) is 6.67. The van der Waals surface area contributed by atoms with Crippen molar-refractivity contribution in [2.24, 2.45) is 0 Å². The number of imidazole rings is 1. The van der Waals surface area contributed by atoms with Crippen LogP contribution < -0.4 is 5.73 Å². The predicted octanol–water partition coefficient (Wildman–Crippen LogP) is 2.45. The van der Waals surface area contributed by atoms with Crippen LogP contribution in [0.2, 0.25) is 0 Å². The minimum atomic E-state index is -0.480. The van der Waals surface area contributed by atoms with Crippen molar-refractivity contribution >= 4 is 12.0 Å². The lowest BCUT2D eigenvalue weighted by atomic mass is 10.0. The van der Waals surface area contributed by atoms with Gasteiger partial charge in [-0.05, 0) is 40.0 Å². The Balaban J connectivity index is 2.14. The number of nitrogens with two attached hydrogens (primary N) is 1. The summed E-state index contributed by atoms with van der Waals surface area (Å²) in [5.74, 6) is 0.379. The second-order valence-electron chi connectivity index (χ2n) is 5.91. The van der Waals surface area contributed by atoms with Gasteiger partial charge in [-0.15, -0.1) is 0 Å². The number of anilines is 1. The van der Waals surface area contributed by atoms with Crippen LogP contribution in [0, 0.1) is 0 Å². The Kier molecular flexibility index (Phi) is 3.68. The molecule has 3 N–H and O–H groups in total. The smallest absolute Gasteiger partial charge is 0.410 e. The number of hydrogen-bond acceptors (Lipinski definition) is 4. The molecule has 0 spiro atoms. The Bertz CT molecular complexity index is 450. The summed E-state index contributed by atoms with van der Waals surface area (Å²) in [6, 6.07) is -0.0200. The molecule has 0 saturated carbocycles. The number of H-pyrrole nitrogens is 1. The number of likely N-dealkylation sites (tertiary alicyclic amines) is 1. The molecule has 0 bridgehead atoms. The molecule has 1 aromatic rings. The second kappa shape index (κ2) is 5.11. The van der Waals surface area contributed by atoms with Crippen molar-refractivity contribution in [2.75, 3.05) is 12.3 Å². The van der Waals surface area contributed by atoms with E-state index in [0.717, 1.165) is 25.0 Å². The topological polar surface area (TPSA) is 84.2 Å². The number of nitrogens with one attached hydrogen (secondary N) is 1. The summed E-state index contributed by atoms with van der Waals surface area (Å²) in [5.41, 5.74) is 6.00. The third kappa shape index (κ3) is 3.39. The summed E-state index contributed by atoms with van der Waals surface area (Å²) in [4.78, 5) is 21.0. The molecule has 1 aliphatic heterocycles. The third-order valence-corrected chi connectivity index (χ3v) is 3.10. The van der Waals surface area contributed by atoms with Gasteiger partial charge in [0.1, 0.15) is 5.60 Å². The molecule has 1 unspecified atom stereocenters. The maximum absolute atomic E-state index is 12.2. The molecule has 1 atom stereocenters. The van der Waals surface area contributed by atoms with Crippen molar-refractivity contribution in [3.63, 3.8) is 0 Å². The highest BCUT2D eigenvalue weighted by molar-refractivity contribution is 5.69. The van der Waals surface area contributed by atoms with Crippen molar-refractivity contribution in [3.8, 4) is 0 Å². The molecule has 0 aliphatic carbocycles. The summed E-state index contributed by atoms with van der Waals surface area (Å²) in [6.07, 6.45) is 4.41. The molecule has 1 aliphatic rings.